The Labute approximate surface area is 244 Å². The summed E-state index contributed by atoms with van der Waals surface area (Å²) >= 11 is 0. The van der Waals surface area contributed by atoms with Gasteiger partial charge in [-0.2, -0.15) is 18.4 Å². The summed E-state index contributed by atoms with van der Waals surface area (Å²) in [4.78, 5) is 13.3. The van der Waals surface area contributed by atoms with Crippen LogP contribution in [0.1, 0.15) is 45.2 Å². The van der Waals surface area contributed by atoms with E-state index in [1.165, 1.54) is 42.5 Å². The second-order valence-electron chi connectivity index (χ2n) is 10.4. The summed E-state index contributed by atoms with van der Waals surface area (Å²) in [7, 11) is -3.41. The van der Waals surface area contributed by atoms with Gasteiger partial charge in [0.05, 0.1) is 17.0 Å². The summed E-state index contributed by atoms with van der Waals surface area (Å²) in [6, 6.07) is 8.15. The van der Waals surface area contributed by atoms with E-state index in [2.05, 4.69) is 17.2 Å². The van der Waals surface area contributed by atoms with Crippen molar-refractivity contribution in [2.45, 2.75) is 68.5 Å². The molecule has 0 aliphatic rings. The van der Waals surface area contributed by atoms with Crippen molar-refractivity contribution in [3.63, 3.8) is 0 Å². The van der Waals surface area contributed by atoms with Gasteiger partial charge in [-0.1, -0.05) is 67.3 Å². The van der Waals surface area contributed by atoms with Crippen LogP contribution in [0.4, 0.5) is 17.6 Å². The molecule has 0 bridgehead atoms. The third kappa shape index (κ3) is 10.6. The summed E-state index contributed by atoms with van der Waals surface area (Å²) in [5, 5.41) is 14.3. The Bertz CT molecular complexity index is 1430. The fraction of sp³-hybridized carbons (Fsp3) is 0.355. The fourth-order valence-corrected chi connectivity index (χ4v) is 4.76. The number of benzene rings is 2. The summed E-state index contributed by atoms with van der Waals surface area (Å²) in [5.74, 6) is -0.946. The number of nitrogens with one attached hydrogen (secondary N) is 2. The van der Waals surface area contributed by atoms with Crippen LogP contribution < -0.4 is 10.6 Å². The Morgan fingerprint density at radius 3 is 2.02 bits per heavy atom. The van der Waals surface area contributed by atoms with Gasteiger partial charge in [0.25, 0.3) is 0 Å². The van der Waals surface area contributed by atoms with Crippen LogP contribution in [0.3, 0.4) is 0 Å². The molecule has 2 rings (SSSR count). The van der Waals surface area contributed by atoms with Crippen LogP contribution in [0.5, 0.6) is 0 Å². The van der Waals surface area contributed by atoms with E-state index < -0.39 is 52.1 Å². The van der Waals surface area contributed by atoms with Gasteiger partial charge in [0, 0.05) is 19.1 Å². The second kappa shape index (κ2) is 14.4. The molecule has 0 aliphatic carbocycles. The van der Waals surface area contributed by atoms with Gasteiger partial charge in [-0.15, -0.1) is 0 Å². The average Bonchev–Trinajstić information content (AvgIpc) is 2.91. The monoisotopic (exact) mass is 605 g/mol. The van der Waals surface area contributed by atoms with E-state index in [9.17, 15) is 36.0 Å². The number of hydrogen-bond donors (Lipinski definition) is 2. The lowest BCUT2D eigenvalue weighted by molar-refractivity contribution is -0.161. The van der Waals surface area contributed by atoms with Gasteiger partial charge in [0.15, 0.2) is 9.84 Å². The minimum Gasteiger partial charge on any atom is -0.339 e. The van der Waals surface area contributed by atoms with Crippen LogP contribution in [0, 0.1) is 11.3 Å². The number of halogens is 4. The standard InChI is InChI=1S/C31H35F4N3O3S/c1-6-8-9-21(7-2)18-25(20-36)37-29(39)27(19-30(3,4)32)38-28(31(33,34)35)24-12-10-22(11-13-24)23-14-16-26(17-15-23)42(5,40)41/h6-17,25,27-28,38H,2,18-19H2,1,3-5H3,(H,37,39)/b8-6-,21-9+/t25-,27-,28-/m0/s1. The highest BCUT2D eigenvalue weighted by Gasteiger charge is 2.44. The minimum atomic E-state index is -4.85. The van der Waals surface area contributed by atoms with E-state index in [1.807, 2.05) is 6.07 Å². The highest BCUT2D eigenvalue weighted by Crippen LogP contribution is 2.35. The second-order valence-corrected chi connectivity index (χ2v) is 12.4. The molecular formula is C31H35F4N3O3S. The number of sulfone groups is 1. The van der Waals surface area contributed by atoms with E-state index in [4.69, 9.17) is 0 Å². The van der Waals surface area contributed by atoms with E-state index in [1.54, 1.807) is 37.3 Å². The van der Waals surface area contributed by atoms with Crippen molar-refractivity contribution in [2.75, 3.05) is 6.26 Å². The molecule has 0 saturated heterocycles. The molecule has 1 amide bonds. The Kier molecular flexibility index (Phi) is 11.8. The minimum absolute atomic E-state index is 0.0527. The molecule has 0 aromatic heterocycles. The summed E-state index contributed by atoms with van der Waals surface area (Å²) in [6.07, 6.45) is 2.34. The maximum atomic E-state index is 14.7. The molecule has 0 unspecified atom stereocenters. The van der Waals surface area contributed by atoms with Crippen LogP contribution in [0.2, 0.25) is 0 Å². The van der Waals surface area contributed by atoms with Crippen molar-refractivity contribution in [3.05, 3.63) is 90.6 Å². The van der Waals surface area contributed by atoms with E-state index in [-0.39, 0.29) is 16.9 Å². The van der Waals surface area contributed by atoms with Crippen molar-refractivity contribution >= 4 is 15.7 Å². The molecule has 2 aromatic carbocycles. The first kappa shape index (κ1) is 34.5. The molecule has 2 N–H and O–H groups in total. The van der Waals surface area contributed by atoms with Crippen molar-refractivity contribution in [2.24, 2.45) is 0 Å². The predicted molar refractivity (Wildman–Crippen MR) is 156 cm³/mol. The number of nitrogens with zero attached hydrogens (tertiary/aromatic N) is 1. The summed E-state index contributed by atoms with van der Waals surface area (Å²) in [5.41, 5.74) is -0.470. The zero-order chi connectivity index (χ0) is 31.7. The molecule has 0 radical (unpaired) electrons. The number of nitriles is 1. The first-order chi connectivity index (χ1) is 19.5. The van der Waals surface area contributed by atoms with Crippen LogP contribution in [-0.2, 0) is 14.6 Å². The Hall–Kier alpha value is -3.75. The fourth-order valence-electron chi connectivity index (χ4n) is 4.13. The number of alkyl halides is 4. The van der Waals surface area contributed by atoms with Crippen molar-refractivity contribution < 1.29 is 30.8 Å². The summed E-state index contributed by atoms with van der Waals surface area (Å²) in [6.45, 7) is 7.76. The van der Waals surface area contributed by atoms with Crippen molar-refractivity contribution in [1.82, 2.24) is 10.6 Å². The molecule has 0 fully saturated rings. The Morgan fingerprint density at radius 2 is 1.60 bits per heavy atom. The van der Waals surface area contributed by atoms with Gasteiger partial charge in [0.2, 0.25) is 5.91 Å². The normalized spacial score (nSPS) is 15.1. The number of carbonyl (C=O) groups is 1. The third-order valence-corrected chi connectivity index (χ3v) is 7.37. The topological polar surface area (TPSA) is 99.1 Å². The Balaban J connectivity index is 2.35. The highest BCUT2D eigenvalue weighted by molar-refractivity contribution is 7.90. The molecule has 0 spiro atoms. The zero-order valence-electron chi connectivity index (χ0n) is 23.9. The molecule has 3 atom stereocenters. The maximum Gasteiger partial charge on any atom is 0.407 e. The number of carbonyl (C=O) groups excluding carboxylic acids is 1. The molecule has 2 aromatic rings. The highest BCUT2D eigenvalue weighted by atomic mass is 32.2. The number of hydrogen-bond acceptors (Lipinski definition) is 5. The molecular weight excluding hydrogens is 570 g/mol. The van der Waals surface area contributed by atoms with Gasteiger partial charge < -0.3 is 5.32 Å². The number of amides is 1. The van der Waals surface area contributed by atoms with Crippen LogP contribution >= 0.6 is 0 Å². The molecule has 0 aliphatic heterocycles. The third-order valence-electron chi connectivity index (χ3n) is 6.24. The average molecular weight is 606 g/mol. The lowest BCUT2D eigenvalue weighted by Gasteiger charge is -2.30. The van der Waals surface area contributed by atoms with Gasteiger partial charge in [-0.3, -0.25) is 10.1 Å². The SMILES string of the molecule is C=C/C(=C\C=C/C)C[C@@H](C#N)NC(=O)[C@H](CC(C)(C)F)N[C@@H](c1ccc(-c2ccc(S(C)(=O)=O)cc2)cc1)C(F)(F)F. The van der Waals surface area contributed by atoms with Gasteiger partial charge in [-0.05, 0) is 55.2 Å². The van der Waals surface area contributed by atoms with Crippen molar-refractivity contribution in [3.8, 4) is 17.2 Å². The molecule has 6 nitrogen and oxygen atoms in total. The van der Waals surface area contributed by atoms with Gasteiger partial charge >= 0.3 is 6.18 Å². The maximum absolute atomic E-state index is 14.7. The van der Waals surface area contributed by atoms with E-state index >= 15 is 0 Å². The molecule has 0 heterocycles. The van der Waals surface area contributed by atoms with E-state index in [0.717, 1.165) is 20.1 Å². The Morgan fingerprint density at radius 1 is 1.05 bits per heavy atom. The van der Waals surface area contributed by atoms with Gasteiger partial charge in [0.1, 0.15) is 17.8 Å². The molecule has 0 saturated carbocycles. The van der Waals surface area contributed by atoms with E-state index in [0.29, 0.717) is 16.7 Å². The lowest BCUT2D eigenvalue weighted by atomic mass is 9.96. The quantitative estimate of drug-likeness (QED) is 0.200. The van der Waals surface area contributed by atoms with Crippen LogP contribution in [0.25, 0.3) is 11.1 Å². The number of rotatable bonds is 13. The summed E-state index contributed by atoms with van der Waals surface area (Å²) < 4.78 is 80.9. The lowest BCUT2D eigenvalue weighted by Crippen LogP contribution is -2.52. The van der Waals surface area contributed by atoms with Gasteiger partial charge in [-0.25, -0.2) is 12.8 Å². The molecule has 42 heavy (non-hydrogen) atoms. The van der Waals surface area contributed by atoms with Crippen LogP contribution in [-0.4, -0.2) is 44.5 Å². The molecule has 226 valence electrons. The predicted octanol–water partition coefficient (Wildman–Crippen LogP) is 6.54. The number of allylic oxidation sites excluding steroid dienone is 4. The molecule has 11 heteroatoms. The smallest absolute Gasteiger partial charge is 0.339 e. The van der Waals surface area contributed by atoms with Crippen molar-refractivity contribution in [1.29, 1.82) is 5.26 Å². The first-order valence-electron chi connectivity index (χ1n) is 13.0. The van der Waals surface area contributed by atoms with Crippen LogP contribution in [0.15, 0.2) is 89.9 Å². The zero-order valence-corrected chi connectivity index (χ0v) is 24.7. The first-order valence-corrected chi connectivity index (χ1v) is 14.9. The largest absolute Gasteiger partial charge is 0.407 e.